The van der Waals surface area contributed by atoms with Crippen molar-refractivity contribution in [1.29, 1.82) is 0 Å². The van der Waals surface area contributed by atoms with Crippen LogP contribution in [0.1, 0.15) is 48.0 Å². The fourth-order valence-corrected chi connectivity index (χ4v) is 4.69. The lowest BCUT2D eigenvalue weighted by atomic mass is 9.86. The van der Waals surface area contributed by atoms with E-state index in [9.17, 15) is 9.59 Å². The van der Waals surface area contributed by atoms with Gasteiger partial charge in [-0.05, 0) is 79.0 Å². The van der Waals surface area contributed by atoms with Crippen LogP contribution in [0.3, 0.4) is 0 Å². The first-order chi connectivity index (χ1) is 14.1. The van der Waals surface area contributed by atoms with Crippen LogP contribution in [-0.2, 0) is 11.4 Å². The Morgan fingerprint density at radius 3 is 2.38 bits per heavy atom. The second kappa shape index (κ2) is 8.87. The van der Waals surface area contributed by atoms with Crippen LogP contribution in [0.25, 0.3) is 0 Å². The first-order valence-electron chi connectivity index (χ1n) is 10.1. The molecule has 6 heteroatoms. The molecule has 2 saturated carbocycles. The minimum Gasteiger partial charge on any atom is -0.489 e. The number of amides is 2. The quantitative estimate of drug-likeness (QED) is 0.686. The Hall–Kier alpha value is -2.53. The van der Waals surface area contributed by atoms with Gasteiger partial charge in [-0.2, -0.15) is 0 Å². The molecular formula is C23H25ClN2O3. The van der Waals surface area contributed by atoms with E-state index in [4.69, 9.17) is 16.3 Å². The van der Waals surface area contributed by atoms with Crippen LogP contribution in [0.15, 0.2) is 48.5 Å². The molecule has 2 aromatic rings. The van der Waals surface area contributed by atoms with E-state index < -0.39 is 0 Å². The van der Waals surface area contributed by atoms with Crippen LogP contribution < -0.4 is 15.6 Å². The highest BCUT2D eigenvalue weighted by Gasteiger charge is 2.40. The van der Waals surface area contributed by atoms with Crippen LogP contribution in [-0.4, -0.2) is 11.8 Å². The van der Waals surface area contributed by atoms with E-state index in [0.29, 0.717) is 35.4 Å². The van der Waals surface area contributed by atoms with Crippen molar-refractivity contribution in [2.75, 3.05) is 0 Å². The Morgan fingerprint density at radius 1 is 0.966 bits per heavy atom. The van der Waals surface area contributed by atoms with Gasteiger partial charge in [0.15, 0.2) is 0 Å². The number of fused-ring (bicyclic) bond motifs is 2. The minimum absolute atomic E-state index is 0.108. The summed E-state index contributed by atoms with van der Waals surface area (Å²) in [6.45, 7) is 0.393. The maximum Gasteiger partial charge on any atom is 0.269 e. The van der Waals surface area contributed by atoms with Gasteiger partial charge in [0.05, 0.1) is 0 Å². The van der Waals surface area contributed by atoms with Gasteiger partial charge in [-0.1, -0.05) is 30.2 Å². The fraction of sp³-hybridized carbons (Fsp3) is 0.391. The van der Waals surface area contributed by atoms with Gasteiger partial charge in [-0.25, -0.2) is 0 Å². The van der Waals surface area contributed by atoms with Crippen molar-refractivity contribution in [3.63, 3.8) is 0 Å². The maximum atomic E-state index is 12.3. The Labute approximate surface area is 175 Å². The van der Waals surface area contributed by atoms with E-state index >= 15 is 0 Å². The lowest BCUT2D eigenvalue weighted by Gasteiger charge is -2.20. The molecule has 0 radical (unpaired) electrons. The van der Waals surface area contributed by atoms with Gasteiger partial charge in [0.25, 0.3) is 5.91 Å². The largest absolute Gasteiger partial charge is 0.489 e. The molecule has 2 aliphatic carbocycles. The van der Waals surface area contributed by atoms with Gasteiger partial charge < -0.3 is 4.74 Å². The second-order valence-corrected chi connectivity index (χ2v) is 8.52. The minimum atomic E-state index is -0.323. The Bertz CT molecular complexity index is 867. The first-order valence-corrected chi connectivity index (χ1v) is 10.5. The Morgan fingerprint density at radius 2 is 1.72 bits per heavy atom. The number of hydrazine groups is 1. The summed E-state index contributed by atoms with van der Waals surface area (Å²) < 4.78 is 5.69. The molecule has 152 valence electrons. The van der Waals surface area contributed by atoms with Crippen LogP contribution >= 0.6 is 11.6 Å². The van der Waals surface area contributed by atoms with Gasteiger partial charge in [0.2, 0.25) is 5.91 Å². The number of halogens is 1. The zero-order valence-corrected chi connectivity index (χ0v) is 17.0. The normalized spacial score (nSPS) is 22.3. The van der Waals surface area contributed by atoms with Crippen LogP contribution in [0.2, 0.25) is 5.02 Å². The maximum absolute atomic E-state index is 12.3. The van der Waals surface area contributed by atoms with E-state index in [2.05, 4.69) is 10.9 Å². The molecule has 3 atom stereocenters. The number of carbonyl (C=O) groups is 2. The van der Waals surface area contributed by atoms with E-state index in [1.807, 2.05) is 24.3 Å². The summed E-state index contributed by atoms with van der Waals surface area (Å²) in [5.41, 5.74) is 6.50. The van der Waals surface area contributed by atoms with Crippen molar-refractivity contribution in [1.82, 2.24) is 10.9 Å². The summed E-state index contributed by atoms with van der Waals surface area (Å²) in [6, 6.07) is 14.3. The summed E-state index contributed by atoms with van der Waals surface area (Å²) in [5, 5.41) is 0.662. The third kappa shape index (κ3) is 5.10. The summed E-state index contributed by atoms with van der Waals surface area (Å²) in [7, 11) is 0. The summed E-state index contributed by atoms with van der Waals surface area (Å²) in [5.74, 6) is 2.29. The molecular weight excluding hydrogens is 388 g/mol. The smallest absolute Gasteiger partial charge is 0.269 e. The molecule has 0 saturated heterocycles. The van der Waals surface area contributed by atoms with Crippen molar-refractivity contribution < 1.29 is 14.3 Å². The average Bonchev–Trinajstić information content (AvgIpc) is 3.35. The molecule has 5 nitrogen and oxygen atoms in total. The van der Waals surface area contributed by atoms with Crippen LogP contribution in [0.5, 0.6) is 5.75 Å². The molecule has 0 aliphatic heterocycles. The van der Waals surface area contributed by atoms with Crippen molar-refractivity contribution in [2.24, 2.45) is 17.8 Å². The van der Waals surface area contributed by atoms with Crippen molar-refractivity contribution in [3.8, 4) is 5.75 Å². The molecule has 2 bridgehead atoms. The summed E-state index contributed by atoms with van der Waals surface area (Å²) in [4.78, 5) is 24.4. The van der Waals surface area contributed by atoms with Crippen molar-refractivity contribution in [2.45, 2.75) is 38.7 Å². The van der Waals surface area contributed by atoms with Crippen molar-refractivity contribution >= 4 is 23.4 Å². The molecule has 0 spiro atoms. The molecule has 0 aromatic heterocycles. The first kappa shape index (κ1) is 19.8. The molecule has 0 unspecified atom stereocenters. The molecule has 4 rings (SSSR count). The number of hydrogen-bond acceptors (Lipinski definition) is 3. The van der Waals surface area contributed by atoms with Gasteiger partial charge in [0, 0.05) is 17.0 Å². The zero-order valence-electron chi connectivity index (χ0n) is 16.2. The van der Waals surface area contributed by atoms with E-state index in [1.165, 1.54) is 19.3 Å². The van der Waals surface area contributed by atoms with Gasteiger partial charge >= 0.3 is 0 Å². The Kier molecular flexibility index (Phi) is 6.05. The predicted octanol–water partition coefficient (Wildman–Crippen LogP) is 4.51. The molecule has 2 amide bonds. The van der Waals surface area contributed by atoms with Crippen LogP contribution in [0.4, 0.5) is 0 Å². The monoisotopic (exact) mass is 412 g/mol. The molecule has 2 fully saturated rings. The fourth-order valence-electron chi connectivity index (χ4n) is 4.56. The summed E-state index contributed by atoms with van der Waals surface area (Å²) in [6.07, 6.45) is 5.51. The number of benzene rings is 2. The standard InChI is InChI=1S/C23H25ClN2O3/c24-20-7-9-21(10-8-20)29-14-15-1-4-17(5-2-15)23(28)26-25-22(27)13-19-12-16-3-6-18(19)11-16/h1-2,4-5,7-10,16,18-19H,3,6,11-14H2,(H,25,27)(H,26,28)/t16-,18+,19-/m0/s1. The van der Waals surface area contributed by atoms with Gasteiger partial charge in [-0.15, -0.1) is 0 Å². The number of rotatable bonds is 6. The number of ether oxygens (including phenoxy) is 1. The zero-order chi connectivity index (χ0) is 20.2. The van der Waals surface area contributed by atoms with E-state index in [1.54, 1.807) is 24.3 Å². The van der Waals surface area contributed by atoms with Gasteiger partial charge in [0.1, 0.15) is 12.4 Å². The number of nitrogens with one attached hydrogen (secondary N) is 2. The highest BCUT2D eigenvalue weighted by molar-refractivity contribution is 6.30. The predicted molar refractivity (Wildman–Crippen MR) is 111 cm³/mol. The molecule has 0 heterocycles. The third-order valence-corrected chi connectivity index (χ3v) is 6.33. The van der Waals surface area contributed by atoms with Crippen molar-refractivity contribution in [3.05, 3.63) is 64.7 Å². The highest BCUT2D eigenvalue weighted by atomic mass is 35.5. The average molecular weight is 413 g/mol. The summed E-state index contributed by atoms with van der Waals surface area (Å²) >= 11 is 5.86. The highest BCUT2D eigenvalue weighted by Crippen LogP contribution is 2.49. The Balaban J connectivity index is 1.21. The topological polar surface area (TPSA) is 67.4 Å². The molecule has 2 aliphatic rings. The molecule has 29 heavy (non-hydrogen) atoms. The SMILES string of the molecule is O=C(C[C@@H]1C[C@H]2CC[C@@H]1C2)NNC(=O)c1ccc(COc2ccc(Cl)cc2)cc1. The van der Waals surface area contributed by atoms with Crippen LogP contribution in [0, 0.1) is 17.8 Å². The second-order valence-electron chi connectivity index (χ2n) is 8.08. The third-order valence-electron chi connectivity index (χ3n) is 6.08. The number of carbonyl (C=O) groups excluding carboxylic acids is 2. The van der Waals surface area contributed by atoms with E-state index in [-0.39, 0.29) is 11.8 Å². The lowest BCUT2D eigenvalue weighted by molar-refractivity contribution is -0.123. The van der Waals surface area contributed by atoms with Gasteiger partial charge in [-0.3, -0.25) is 20.4 Å². The molecule has 2 aromatic carbocycles. The lowest BCUT2D eigenvalue weighted by Crippen LogP contribution is -2.42. The van der Waals surface area contributed by atoms with E-state index in [0.717, 1.165) is 23.7 Å². The number of hydrogen-bond donors (Lipinski definition) is 2. The molecule has 2 N–H and O–H groups in total.